The Morgan fingerprint density at radius 2 is 1.94 bits per heavy atom. The molecule has 4 nitrogen and oxygen atoms in total. The summed E-state index contributed by atoms with van der Waals surface area (Å²) in [5, 5.41) is 3.28. The number of anilines is 1. The number of ether oxygens (including phenoxy) is 1. The highest BCUT2D eigenvalue weighted by Gasteiger charge is 2.07. The molecular formula is C14H16N2O2. The highest BCUT2D eigenvalue weighted by Crippen LogP contribution is 2.11. The lowest BCUT2D eigenvalue weighted by Crippen LogP contribution is -2.03. The second-order valence-corrected chi connectivity index (χ2v) is 4.11. The van der Waals surface area contributed by atoms with Crippen molar-refractivity contribution in [1.82, 2.24) is 4.98 Å². The number of esters is 1. The van der Waals surface area contributed by atoms with E-state index < -0.39 is 0 Å². The van der Waals surface area contributed by atoms with Gasteiger partial charge in [0.15, 0.2) is 0 Å². The van der Waals surface area contributed by atoms with E-state index in [9.17, 15) is 4.79 Å². The molecule has 0 spiro atoms. The van der Waals surface area contributed by atoms with E-state index in [1.165, 1.54) is 12.7 Å². The third-order valence-corrected chi connectivity index (χ3v) is 2.69. The first-order valence-corrected chi connectivity index (χ1v) is 5.76. The molecule has 1 aromatic heterocycles. The molecule has 2 N–H and O–H groups in total. The number of H-pyrrole nitrogens is 1. The molecule has 0 saturated carbocycles. The largest absolute Gasteiger partial charge is 0.464 e. The van der Waals surface area contributed by atoms with Gasteiger partial charge in [-0.05, 0) is 31.2 Å². The van der Waals surface area contributed by atoms with Crippen molar-refractivity contribution in [2.45, 2.75) is 13.5 Å². The summed E-state index contributed by atoms with van der Waals surface area (Å²) in [6.07, 6.45) is 0. The zero-order valence-electron chi connectivity index (χ0n) is 10.5. The highest BCUT2D eigenvalue weighted by molar-refractivity contribution is 5.87. The van der Waals surface area contributed by atoms with Gasteiger partial charge < -0.3 is 15.0 Å². The van der Waals surface area contributed by atoms with Crippen LogP contribution in [0, 0.1) is 6.92 Å². The molecule has 94 valence electrons. The first-order chi connectivity index (χ1) is 8.69. The van der Waals surface area contributed by atoms with Gasteiger partial charge in [-0.3, -0.25) is 0 Å². The molecule has 0 amide bonds. The quantitative estimate of drug-likeness (QED) is 0.813. The predicted octanol–water partition coefficient (Wildman–Crippen LogP) is 2.72. The molecule has 0 fully saturated rings. The molecule has 2 aromatic rings. The number of carbonyl (C=O) groups excluding carboxylic acids is 1. The van der Waals surface area contributed by atoms with Gasteiger partial charge in [0.25, 0.3) is 0 Å². The molecule has 0 aliphatic carbocycles. The fraction of sp³-hybridized carbons (Fsp3) is 0.214. The summed E-state index contributed by atoms with van der Waals surface area (Å²) < 4.78 is 4.63. The Hall–Kier alpha value is -2.23. The first kappa shape index (κ1) is 12.2. The monoisotopic (exact) mass is 244 g/mol. The maximum atomic E-state index is 11.3. The fourth-order valence-corrected chi connectivity index (χ4v) is 1.64. The molecule has 18 heavy (non-hydrogen) atoms. The smallest absolute Gasteiger partial charge is 0.354 e. The number of aryl methyl sites for hydroxylation is 1. The maximum absolute atomic E-state index is 11.3. The number of methoxy groups -OCH3 is 1. The van der Waals surface area contributed by atoms with Gasteiger partial charge in [0.2, 0.25) is 0 Å². The molecule has 0 atom stereocenters. The van der Waals surface area contributed by atoms with E-state index in [4.69, 9.17) is 0 Å². The minimum absolute atomic E-state index is 0.350. The number of hydrogen-bond donors (Lipinski definition) is 2. The number of carbonyl (C=O) groups is 1. The normalized spacial score (nSPS) is 10.1. The predicted molar refractivity (Wildman–Crippen MR) is 70.6 cm³/mol. The molecule has 1 aromatic carbocycles. The Bertz CT molecular complexity index is 529. The highest BCUT2D eigenvalue weighted by atomic mass is 16.5. The Balaban J connectivity index is 1.96. The number of nitrogens with one attached hydrogen (secondary N) is 2. The second kappa shape index (κ2) is 5.40. The van der Waals surface area contributed by atoms with Crippen LogP contribution < -0.4 is 5.32 Å². The van der Waals surface area contributed by atoms with E-state index in [2.05, 4.69) is 34.1 Å². The number of aromatic amines is 1. The molecule has 0 radical (unpaired) electrons. The summed E-state index contributed by atoms with van der Waals surface area (Å²) in [4.78, 5) is 14.3. The molecular weight excluding hydrogens is 228 g/mol. The molecule has 2 rings (SSSR count). The third kappa shape index (κ3) is 2.91. The molecule has 0 unspecified atom stereocenters. The van der Waals surface area contributed by atoms with Crippen molar-refractivity contribution in [3.05, 3.63) is 53.3 Å². The van der Waals surface area contributed by atoms with Crippen LogP contribution in [0.4, 0.5) is 5.69 Å². The van der Waals surface area contributed by atoms with E-state index in [1.54, 1.807) is 6.07 Å². The van der Waals surface area contributed by atoms with E-state index in [0.29, 0.717) is 12.2 Å². The van der Waals surface area contributed by atoms with E-state index in [1.807, 2.05) is 18.2 Å². The standard InChI is InChI=1S/C14H16N2O2/c1-10-3-5-11(6-4-10)15-9-12-7-8-13(16-12)14(17)18-2/h3-8,15-16H,9H2,1-2H3. The average Bonchev–Trinajstić information content (AvgIpc) is 2.86. The molecule has 1 heterocycles. The van der Waals surface area contributed by atoms with Crippen molar-refractivity contribution in [1.29, 1.82) is 0 Å². The van der Waals surface area contributed by atoms with Crippen LogP contribution in [0.5, 0.6) is 0 Å². The Kier molecular flexibility index (Phi) is 3.67. The van der Waals surface area contributed by atoms with Crippen LogP contribution >= 0.6 is 0 Å². The SMILES string of the molecule is COC(=O)c1ccc(CNc2ccc(C)cc2)[nH]1. The maximum Gasteiger partial charge on any atom is 0.354 e. The minimum atomic E-state index is -0.350. The van der Waals surface area contributed by atoms with Gasteiger partial charge in [0, 0.05) is 11.4 Å². The van der Waals surface area contributed by atoms with Crippen LogP contribution in [0.3, 0.4) is 0 Å². The van der Waals surface area contributed by atoms with Crippen molar-refractivity contribution in [3.63, 3.8) is 0 Å². The van der Waals surface area contributed by atoms with Crippen LogP contribution in [0.25, 0.3) is 0 Å². The van der Waals surface area contributed by atoms with Crippen molar-refractivity contribution in [3.8, 4) is 0 Å². The summed E-state index contributed by atoms with van der Waals surface area (Å²) in [5.74, 6) is -0.350. The Morgan fingerprint density at radius 1 is 1.22 bits per heavy atom. The second-order valence-electron chi connectivity index (χ2n) is 4.11. The fourth-order valence-electron chi connectivity index (χ4n) is 1.64. The van der Waals surface area contributed by atoms with Gasteiger partial charge >= 0.3 is 5.97 Å². The van der Waals surface area contributed by atoms with Crippen molar-refractivity contribution < 1.29 is 9.53 Å². The van der Waals surface area contributed by atoms with Crippen LogP contribution in [0.1, 0.15) is 21.7 Å². The number of benzene rings is 1. The van der Waals surface area contributed by atoms with Gasteiger partial charge in [-0.2, -0.15) is 0 Å². The third-order valence-electron chi connectivity index (χ3n) is 2.69. The molecule has 0 aliphatic rings. The lowest BCUT2D eigenvalue weighted by atomic mass is 10.2. The lowest BCUT2D eigenvalue weighted by Gasteiger charge is -2.05. The van der Waals surface area contributed by atoms with E-state index in [-0.39, 0.29) is 5.97 Å². The average molecular weight is 244 g/mol. The zero-order chi connectivity index (χ0) is 13.0. The Labute approximate surface area is 106 Å². The van der Waals surface area contributed by atoms with Crippen molar-refractivity contribution in [2.75, 3.05) is 12.4 Å². The van der Waals surface area contributed by atoms with Crippen LogP contribution in [0.15, 0.2) is 36.4 Å². The van der Waals surface area contributed by atoms with Crippen LogP contribution in [0.2, 0.25) is 0 Å². The van der Waals surface area contributed by atoms with Gasteiger partial charge in [-0.15, -0.1) is 0 Å². The summed E-state index contributed by atoms with van der Waals surface area (Å²) in [6.45, 7) is 2.69. The molecule has 0 aliphatic heterocycles. The minimum Gasteiger partial charge on any atom is -0.464 e. The van der Waals surface area contributed by atoms with Crippen molar-refractivity contribution in [2.24, 2.45) is 0 Å². The summed E-state index contributed by atoms with van der Waals surface area (Å²) in [6, 6.07) is 11.7. The topological polar surface area (TPSA) is 54.1 Å². The zero-order valence-corrected chi connectivity index (χ0v) is 10.5. The van der Waals surface area contributed by atoms with Gasteiger partial charge in [-0.25, -0.2) is 4.79 Å². The van der Waals surface area contributed by atoms with E-state index >= 15 is 0 Å². The van der Waals surface area contributed by atoms with Crippen LogP contribution in [-0.2, 0) is 11.3 Å². The first-order valence-electron chi connectivity index (χ1n) is 5.76. The molecule has 4 heteroatoms. The number of rotatable bonds is 4. The summed E-state index contributed by atoms with van der Waals surface area (Å²) in [7, 11) is 1.37. The van der Waals surface area contributed by atoms with Gasteiger partial charge in [0.05, 0.1) is 13.7 Å². The summed E-state index contributed by atoms with van der Waals surface area (Å²) in [5.41, 5.74) is 3.69. The lowest BCUT2D eigenvalue weighted by molar-refractivity contribution is 0.0594. The molecule has 0 saturated heterocycles. The Morgan fingerprint density at radius 3 is 2.61 bits per heavy atom. The number of aromatic nitrogens is 1. The van der Waals surface area contributed by atoms with Crippen molar-refractivity contribution >= 4 is 11.7 Å². The molecule has 0 bridgehead atoms. The van der Waals surface area contributed by atoms with Gasteiger partial charge in [0.1, 0.15) is 5.69 Å². The van der Waals surface area contributed by atoms with Crippen LogP contribution in [-0.4, -0.2) is 18.1 Å². The van der Waals surface area contributed by atoms with E-state index in [0.717, 1.165) is 11.4 Å². The van der Waals surface area contributed by atoms with Gasteiger partial charge in [-0.1, -0.05) is 17.7 Å². The summed E-state index contributed by atoms with van der Waals surface area (Å²) >= 11 is 0. The number of hydrogen-bond acceptors (Lipinski definition) is 3.